The first-order valence-corrected chi connectivity index (χ1v) is 8.71. The standard InChI is InChI=1S/C15H24N2O2S/c1-4-13(9-12-6-7-12)17-20(18,19)15-10(2)5-8-14(16)11(15)3/h5,8,12-13,17H,4,6-7,9,16H2,1-3H3. The van der Waals surface area contributed by atoms with Crippen molar-refractivity contribution in [2.24, 2.45) is 5.92 Å². The Kier molecular flexibility index (Phi) is 4.39. The van der Waals surface area contributed by atoms with E-state index in [1.54, 1.807) is 19.1 Å². The summed E-state index contributed by atoms with van der Waals surface area (Å²) in [7, 11) is -3.50. The first-order valence-electron chi connectivity index (χ1n) is 7.23. The van der Waals surface area contributed by atoms with Crippen molar-refractivity contribution in [1.29, 1.82) is 0 Å². The zero-order chi connectivity index (χ0) is 14.9. The first kappa shape index (κ1) is 15.3. The molecule has 5 heteroatoms. The number of anilines is 1. The van der Waals surface area contributed by atoms with Crippen LogP contribution >= 0.6 is 0 Å². The molecule has 2 rings (SSSR count). The highest BCUT2D eigenvalue weighted by molar-refractivity contribution is 7.89. The van der Waals surface area contributed by atoms with Crippen molar-refractivity contribution in [3.05, 3.63) is 23.3 Å². The fourth-order valence-corrected chi connectivity index (χ4v) is 4.42. The first-order chi connectivity index (χ1) is 9.35. The summed E-state index contributed by atoms with van der Waals surface area (Å²) in [6, 6.07) is 3.54. The monoisotopic (exact) mass is 296 g/mol. The van der Waals surface area contributed by atoms with E-state index in [9.17, 15) is 8.42 Å². The Labute approximate surface area is 121 Å². The Balaban J connectivity index is 2.27. The van der Waals surface area contributed by atoms with Gasteiger partial charge in [0.15, 0.2) is 0 Å². The zero-order valence-corrected chi connectivity index (χ0v) is 13.3. The van der Waals surface area contributed by atoms with Gasteiger partial charge in [-0.15, -0.1) is 0 Å². The van der Waals surface area contributed by atoms with Crippen LogP contribution in [0.3, 0.4) is 0 Å². The minimum absolute atomic E-state index is 0.0210. The maximum Gasteiger partial charge on any atom is 0.241 e. The Morgan fingerprint density at radius 2 is 2.00 bits per heavy atom. The molecule has 0 radical (unpaired) electrons. The second-order valence-corrected chi connectivity index (χ2v) is 7.48. The summed E-state index contributed by atoms with van der Waals surface area (Å²) in [6.45, 7) is 5.59. The lowest BCUT2D eigenvalue weighted by molar-refractivity contribution is 0.495. The van der Waals surface area contributed by atoms with Crippen molar-refractivity contribution in [1.82, 2.24) is 4.72 Å². The molecular formula is C15H24N2O2S. The van der Waals surface area contributed by atoms with E-state index < -0.39 is 10.0 Å². The number of sulfonamides is 1. The van der Waals surface area contributed by atoms with Crippen LogP contribution in [0, 0.1) is 19.8 Å². The van der Waals surface area contributed by atoms with Gasteiger partial charge in [-0.2, -0.15) is 0 Å². The molecule has 4 nitrogen and oxygen atoms in total. The number of hydrogen-bond donors (Lipinski definition) is 2. The highest BCUT2D eigenvalue weighted by Gasteiger charge is 2.29. The normalized spacial score (nSPS) is 17.1. The summed E-state index contributed by atoms with van der Waals surface area (Å²) >= 11 is 0. The van der Waals surface area contributed by atoms with Gasteiger partial charge in [0, 0.05) is 11.7 Å². The van der Waals surface area contributed by atoms with Gasteiger partial charge in [0.2, 0.25) is 10.0 Å². The van der Waals surface area contributed by atoms with Gasteiger partial charge in [0.25, 0.3) is 0 Å². The van der Waals surface area contributed by atoms with Crippen molar-refractivity contribution in [3.8, 4) is 0 Å². The molecule has 0 aliphatic heterocycles. The second-order valence-electron chi connectivity index (χ2n) is 5.83. The fourth-order valence-electron chi connectivity index (χ4n) is 2.59. The molecule has 0 heterocycles. The molecule has 1 aromatic carbocycles. The van der Waals surface area contributed by atoms with Crippen LogP contribution < -0.4 is 10.5 Å². The van der Waals surface area contributed by atoms with Crippen LogP contribution in [0.4, 0.5) is 5.69 Å². The van der Waals surface area contributed by atoms with Gasteiger partial charge < -0.3 is 5.73 Å². The van der Waals surface area contributed by atoms with Crippen molar-refractivity contribution in [2.45, 2.75) is 57.4 Å². The molecule has 0 amide bonds. The Morgan fingerprint density at radius 1 is 1.35 bits per heavy atom. The summed E-state index contributed by atoms with van der Waals surface area (Å²) in [5.74, 6) is 0.700. The van der Waals surface area contributed by atoms with Crippen molar-refractivity contribution >= 4 is 15.7 Å². The van der Waals surface area contributed by atoms with Crippen molar-refractivity contribution in [3.63, 3.8) is 0 Å². The van der Waals surface area contributed by atoms with E-state index in [0.29, 0.717) is 22.1 Å². The summed E-state index contributed by atoms with van der Waals surface area (Å²) in [5, 5.41) is 0. The molecular weight excluding hydrogens is 272 g/mol. The van der Waals surface area contributed by atoms with Gasteiger partial charge in [-0.05, 0) is 49.8 Å². The number of nitrogens with one attached hydrogen (secondary N) is 1. The van der Waals surface area contributed by atoms with Crippen molar-refractivity contribution in [2.75, 3.05) is 5.73 Å². The van der Waals surface area contributed by atoms with Crippen LogP contribution in [-0.4, -0.2) is 14.5 Å². The lowest BCUT2D eigenvalue weighted by atomic mass is 10.1. The molecule has 1 aliphatic carbocycles. The second kappa shape index (κ2) is 5.74. The van der Waals surface area contributed by atoms with Crippen LogP contribution in [0.1, 0.15) is 43.7 Å². The van der Waals surface area contributed by atoms with E-state index in [2.05, 4.69) is 4.72 Å². The maximum atomic E-state index is 12.6. The number of hydrogen-bond acceptors (Lipinski definition) is 3. The van der Waals surface area contributed by atoms with Gasteiger partial charge in [0.1, 0.15) is 0 Å². The van der Waals surface area contributed by atoms with E-state index in [1.807, 2.05) is 13.8 Å². The van der Waals surface area contributed by atoms with Crippen LogP contribution in [-0.2, 0) is 10.0 Å². The van der Waals surface area contributed by atoms with E-state index in [1.165, 1.54) is 12.8 Å². The molecule has 0 aromatic heterocycles. The minimum atomic E-state index is -3.50. The van der Waals surface area contributed by atoms with Crippen LogP contribution in [0.25, 0.3) is 0 Å². The predicted octanol–water partition coefficient (Wildman–Crippen LogP) is 2.74. The molecule has 0 saturated heterocycles. The van der Waals surface area contributed by atoms with Gasteiger partial charge in [-0.1, -0.05) is 25.8 Å². The number of nitrogens with two attached hydrogens (primary N) is 1. The van der Waals surface area contributed by atoms with E-state index >= 15 is 0 Å². The predicted molar refractivity (Wildman–Crippen MR) is 82.1 cm³/mol. The molecule has 3 N–H and O–H groups in total. The minimum Gasteiger partial charge on any atom is -0.398 e. The molecule has 1 fully saturated rings. The summed E-state index contributed by atoms with van der Waals surface area (Å²) in [6.07, 6.45) is 4.22. The highest BCUT2D eigenvalue weighted by atomic mass is 32.2. The third-order valence-electron chi connectivity index (χ3n) is 4.04. The number of aryl methyl sites for hydroxylation is 1. The van der Waals surface area contributed by atoms with Gasteiger partial charge in [-0.3, -0.25) is 0 Å². The quantitative estimate of drug-likeness (QED) is 0.793. The molecule has 1 atom stereocenters. The van der Waals surface area contributed by atoms with E-state index in [4.69, 9.17) is 5.73 Å². The average molecular weight is 296 g/mol. The SMILES string of the molecule is CCC(CC1CC1)NS(=O)(=O)c1c(C)ccc(N)c1C. The third kappa shape index (κ3) is 3.33. The average Bonchev–Trinajstić information content (AvgIpc) is 3.17. The largest absolute Gasteiger partial charge is 0.398 e. The molecule has 112 valence electrons. The van der Waals surface area contributed by atoms with Gasteiger partial charge >= 0.3 is 0 Å². The molecule has 1 aliphatic rings. The lowest BCUT2D eigenvalue weighted by Crippen LogP contribution is -2.35. The topological polar surface area (TPSA) is 72.2 Å². The van der Waals surface area contributed by atoms with Gasteiger partial charge in [-0.25, -0.2) is 13.1 Å². The number of benzene rings is 1. The van der Waals surface area contributed by atoms with Crippen LogP contribution in [0.15, 0.2) is 17.0 Å². The maximum absolute atomic E-state index is 12.6. The third-order valence-corrected chi connectivity index (χ3v) is 5.85. The highest BCUT2D eigenvalue weighted by Crippen LogP contribution is 2.34. The van der Waals surface area contributed by atoms with E-state index in [-0.39, 0.29) is 6.04 Å². The van der Waals surface area contributed by atoms with Gasteiger partial charge in [0.05, 0.1) is 4.90 Å². The molecule has 1 unspecified atom stereocenters. The molecule has 0 bridgehead atoms. The zero-order valence-electron chi connectivity index (χ0n) is 12.4. The smallest absolute Gasteiger partial charge is 0.241 e. The fraction of sp³-hybridized carbons (Fsp3) is 0.600. The Bertz CT molecular complexity index is 592. The molecule has 1 aromatic rings. The van der Waals surface area contributed by atoms with Crippen LogP contribution in [0.2, 0.25) is 0 Å². The molecule has 20 heavy (non-hydrogen) atoms. The van der Waals surface area contributed by atoms with Crippen molar-refractivity contribution < 1.29 is 8.42 Å². The molecule has 1 saturated carbocycles. The number of rotatable bonds is 6. The molecule has 0 spiro atoms. The number of nitrogen functional groups attached to an aromatic ring is 1. The Hall–Kier alpha value is -1.07. The Morgan fingerprint density at radius 3 is 2.55 bits per heavy atom. The van der Waals surface area contributed by atoms with Crippen LogP contribution in [0.5, 0.6) is 0 Å². The summed E-state index contributed by atoms with van der Waals surface area (Å²) in [5.41, 5.74) is 7.75. The van der Waals surface area contributed by atoms with E-state index in [0.717, 1.165) is 18.4 Å². The summed E-state index contributed by atoms with van der Waals surface area (Å²) in [4.78, 5) is 0.340. The summed E-state index contributed by atoms with van der Waals surface area (Å²) < 4.78 is 28.1. The lowest BCUT2D eigenvalue weighted by Gasteiger charge is -2.19.